The van der Waals surface area contributed by atoms with Crippen LogP contribution in [0.4, 0.5) is 0 Å². The fourth-order valence-corrected chi connectivity index (χ4v) is 4.02. The van der Waals surface area contributed by atoms with E-state index in [9.17, 15) is 14.7 Å². The normalized spacial score (nSPS) is 12.0. The largest absolute Gasteiger partial charge is 0.490 e. The number of carbonyl (C=O) groups is 2. The molecule has 8 heteroatoms. The second kappa shape index (κ2) is 13.0. The lowest BCUT2D eigenvalue weighted by molar-refractivity contribution is -0.153. The Balaban J connectivity index is 1.33. The lowest BCUT2D eigenvalue weighted by atomic mass is 10.1. The van der Waals surface area contributed by atoms with E-state index in [0.717, 1.165) is 16.7 Å². The van der Waals surface area contributed by atoms with Crippen LogP contribution in [-0.4, -0.2) is 39.1 Å². The maximum atomic E-state index is 12.9. The summed E-state index contributed by atoms with van der Waals surface area (Å²) in [6, 6.07) is 20.2. The molecule has 0 fully saturated rings. The molecule has 1 N–H and O–H groups in total. The van der Waals surface area contributed by atoms with Crippen LogP contribution in [0.1, 0.15) is 38.4 Å². The summed E-state index contributed by atoms with van der Waals surface area (Å²) in [5.74, 6) is -0.303. The number of aromatic nitrogens is 2. The quantitative estimate of drug-likeness (QED) is 0.215. The van der Waals surface area contributed by atoms with Gasteiger partial charge in [-0.1, -0.05) is 83.4 Å². The Morgan fingerprint density at radius 1 is 1.03 bits per heavy atom. The number of allylic oxidation sites excluding steroid dienone is 1. The number of aryl methyl sites for hydroxylation is 2. The molecule has 1 atom stereocenters. The summed E-state index contributed by atoms with van der Waals surface area (Å²) in [4.78, 5) is 28.7. The minimum Gasteiger partial charge on any atom is -0.490 e. The Kier molecular flexibility index (Phi) is 9.31. The molecular weight excluding hydrogens is 516 g/mol. The highest BCUT2D eigenvalue weighted by atomic mass is 35.5. The summed E-state index contributed by atoms with van der Waals surface area (Å²) >= 11 is 6.45. The number of nitrogens with zero attached hydrogens (tertiary/aromatic N) is 2. The molecule has 0 saturated carbocycles. The Morgan fingerprint density at radius 2 is 1.72 bits per heavy atom. The lowest BCUT2D eigenvalue weighted by Gasteiger charge is -2.15. The number of carbonyl (C=O) groups excluding carboxylic acids is 1. The summed E-state index contributed by atoms with van der Waals surface area (Å²) in [6.07, 6.45) is 6.04. The van der Waals surface area contributed by atoms with Gasteiger partial charge >= 0.3 is 5.97 Å². The molecule has 1 unspecified atom stereocenters. The highest BCUT2D eigenvalue weighted by Gasteiger charge is 2.20. The number of halogens is 1. The van der Waals surface area contributed by atoms with Gasteiger partial charge in [-0.15, -0.1) is 0 Å². The van der Waals surface area contributed by atoms with Gasteiger partial charge < -0.3 is 19.1 Å². The predicted molar refractivity (Wildman–Crippen MR) is 150 cm³/mol. The maximum absolute atomic E-state index is 12.9. The molecule has 4 rings (SSSR count). The van der Waals surface area contributed by atoms with Crippen LogP contribution >= 0.6 is 11.6 Å². The topological polar surface area (TPSA) is 90.7 Å². The first-order valence-corrected chi connectivity index (χ1v) is 12.8. The van der Waals surface area contributed by atoms with Crippen molar-refractivity contribution in [2.45, 2.75) is 33.1 Å². The van der Waals surface area contributed by atoms with Crippen LogP contribution in [0.15, 0.2) is 85.2 Å². The first-order chi connectivity index (χ1) is 18.8. The Labute approximate surface area is 232 Å². The number of imidazole rings is 1. The molecule has 0 aliphatic rings. The van der Waals surface area contributed by atoms with Crippen molar-refractivity contribution in [1.29, 1.82) is 0 Å². The molecule has 0 amide bonds. The van der Waals surface area contributed by atoms with Crippen molar-refractivity contribution < 1.29 is 24.2 Å². The number of hydrogen-bond acceptors (Lipinski definition) is 5. The molecule has 200 valence electrons. The number of hydrogen-bond donors (Lipinski definition) is 1. The average Bonchev–Trinajstić information content (AvgIpc) is 3.39. The van der Waals surface area contributed by atoms with Gasteiger partial charge in [0.05, 0.1) is 6.61 Å². The molecule has 7 nitrogen and oxygen atoms in total. The number of aliphatic carboxylic acids is 1. The number of benzene rings is 3. The monoisotopic (exact) mass is 544 g/mol. The number of rotatable bonds is 12. The summed E-state index contributed by atoms with van der Waals surface area (Å²) in [6.45, 7) is 4.29. The fraction of sp³-hybridized carbons (Fsp3) is 0.194. The zero-order valence-electron chi connectivity index (χ0n) is 21.7. The first kappa shape index (κ1) is 27.8. The standard InChI is InChI=1S/C31H29ClN2O5/c1-21-5-10-24(11-6-21)29(35)30-33-15-17-34(30)16-3-4-23-9-12-25(27(32)18-23)19-39-28(31(36)37)20-38-26-13-7-22(2)8-14-26/h3-15,17-18,28H,16,19-20H2,1-2H3,(H,36,37)/b4-3+. The van der Waals surface area contributed by atoms with E-state index in [-0.39, 0.29) is 19.0 Å². The number of carboxylic acid groups (broad SMARTS) is 1. The minimum absolute atomic E-state index is 0.0244. The van der Waals surface area contributed by atoms with Gasteiger partial charge in [-0.05, 0) is 43.2 Å². The van der Waals surface area contributed by atoms with Crippen LogP contribution in [0, 0.1) is 13.8 Å². The number of carboxylic acids is 1. The van der Waals surface area contributed by atoms with E-state index in [2.05, 4.69) is 4.98 Å². The summed E-state index contributed by atoms with van der Waals surface area (Å²) in [5.41, 5.74) is 4.28. The highest BCUT2D eigenvalue weighted by molar-refractivity contribution is 6.31. The third-order valence-corrected chi connectivity index (χ3v) is 6.41. The molecule has 1 heterocycles. The predicted octanol–water partition coefficient (Wildman–Crippen LogP) is 6.15. The van der Waals surface area contributed by atoms with Crippen molar-refractivity contribution >= 4 is 29.4 Å². The van der Waals surface area contributed by atoms with Crippen LogP contribution in [0.5, 0.6) is 5.75 Å². The lowest BCUT2D eigenvalue weighted by Crippen LogP contribution is -2.30. The van der Waals surface area contributed by atoms with Crippen molar-refractivity contribution in [3.63, 3.8) is 0 Å². The van der Waals surface area contributed by atoms with Crippen LogP contribution < -0.4 is 4.74 Å². The van der Waals surface area contributed by atoms with Gasteiger partial charge in [0.2, 0.25) is 5.78 Å². The first-order valence-electron chi connectivity index (χ1n) is 12.4. The van der Waals surface area contributed by atoms with E-state index >= 15 is 0 Å². The van der Waals surface area contributed by atoms with Gasteiger partial charge in [-0.2, -0.15) is 0 Å². The maximum Gasteiger partial charge on any atom is 0.336 e. The van der Waals surface area contributed by atoms with Crippen molar-refractivity contribution in [2.24, 2.45) is 0 Å². The van der Waals surface area contributed by atoms with Crippen LogP contribution in [0.3, 0.4) is 0 Å². The van der Waals surface area contributed by atoms with E-state index in [1.165, 1.54) is 0 Å². The molecule has 0 aliphatic carbocycles. The van der Waals surface area contributed by atoms with E-state index in [1.54, 1.807) is 53.4 Å². The van der Waals surface area contributed by atoms with Gasteiger partial charge in [-0.25, -0.2) is 9.78 Å². The van der Waals surface area contributed by atoms with Crippen LogP contribution in [-0.2, 0) is 22.7 Å². The zero-order valence-corrected chi connectivity index (χ0v) is 22.5. The highest BCUT2D eigenvalue weighted by Crippen LogP contribution is 2.21. The second-order valence-electron chi connectivity index (χ2n) is 9.11. The Hall–Kier alpha value is -4.20. The molecule has 0 aliphatic heterocycles. The minimum atomic E-state index is -1.14. The summed E-state index contributed by atoms with van der Waals surface area (Å²) < 4.78 is 13.0. The third-order valence-electron chi connectivity index (χ3n) is 6.06. The van der Waals surface area contributed by atoms with Gasteiger partial charge in [-0.3, -0.25) is 4.79 Å². The number of ketones is 1. The Bertz CT molecular complexity index is 1460. The zero-order chi connectivity index (χ0) is 27.8. The molecule has 0 bridgehead atoms. The van der Waals surface area contributed by atoms with E-state index in [1.807, 2.05) is 56.3 Å². The summed E-state index contributed by atoms with van der Waals surface area (Å²) in [5, 5.41) is 9.97. The molecule has 4 aromatic rings. The van der Waals surface area contributed by atoms with Crippen LogP contribution in [0.25, 0.3) is 6.08 Å². The molecule has 3 aromatic carbocycles. The van der Waals surface area contributed by atoms with Crippen molar-refractivity contribution in [3.05, 3.63) is 124 Å². The average molecular weight is 545 g/mol. The molecule has 39 heavy (non-hydrogen) atoms. The van der Waals surface area contributed by atoms with Crippen molar-refractivity contribution in [2.75, 3.05) is 6.61 Å². The van der Waals surface area contributed by atoms with Crippen LogP contribution in [0.2, 0.25) is 5.02 Å². The molecule has 0 radical (unpaired) electrons. The van der Waals surface area contributed by atoms with Crippen molar-refractivity contribution in [1.82, 2.24) is 9.55 Å². The molecule has 0 saturated heterocycles. The summed E-state index contributed by atoms with van der Waals surface area (Å²) in [7, 11) is 0. The SMILES string of the molecule is Cc1ccc(OCC(OCc2ccc(/C=C/Cn3ccnc3C(=O)c3ccc(C)cc3)cc2Cl)C(=O)O)cc1. The van der Waals surface area contributed by atoms with Gasteiger partial charge in [0.1, 0.15) is 12.4 Å². The molecule has 0 spiro atoms. The smallest absolute Gasteiger partial charge is 0.336 e. The fourth-order valence-electron chi connectivity index (χ4n) is 3.77. The number of ether oxygens (including phenoxy) is 2. The molecule has 1 aromatic heterocycles. The third kappa shape index (κ3) is 7.66. The Morgan fingerprint density at radius 3 is 2.38 bits per heavy atom. The van der Waals surface area contributed by atoms with Gasteiger partial charge in [0.25, 0.3) is 0 Å². The van der Waals surface area contributed by atoms with E-state index < -0.39 is 12.1 Å². The van der Waals surface area contributed by atoms with Gasteiger partial charge in [0.15, 0.2) is 11.9 Å². The van der Waals surface area contributed by atoms with E-state index in [0.29, 0.717) is 34.3 Å². The van der Waals surface area contributed by atoms with E-state index in [4.69, 9.17) is 21.1 Å². The molecular formula is C31H29ClN2O5. The van der Waals surface area contributed by atoms with Crippen molar-refractivity contribution in [3.8, 4) is 5.75 Å². The second-order valence-corrected chi connectivity index (χ2v) is 9.52. The van der Waals surface area contributed by atoms with Gasteiger partial charge in [0, 0.05) is 29.5 Å².